The molecule has 19 heavy (non-hydrogen) atoms. The molecule has 1 N–H and O–H groups in total. The number of aromatic carboxylic acids is 1. The van der Waals surface area contributed by atoms with Crippen molar-refractivity contribution in [2.75, 3.05) is 6.61 Å². The van der Waals surface area contributed by atoms with Gasteiger partial charge >= 0.3 is 5.97 Å². The lowest BCUT2D eigenvalue weighted by Crippen LogP contribution is -2.10. The number of carboxylic acids is 1. The zero-order valence-corrected chi connectivity index (χ0v) is 10.6. The summed E-state index contributed by atoms with van der Waals surface area (Å²) in [5.41, 5.74) is 1.74. The second kappa shape index (κ2) is 5.01. The molecule has 1 aromatic carbocycles. The van der Waals surface area contributed by atoms with Gasteiger partial charge in [0.25, 0.3) is 0 Å². The normalized spacial score (nSPS) is 19.1. The number of imidazole rings is 1. The number of para-hydroxylation sites is 1. The number of ether oxygens (including phenoxy) is 1. The van der Waals surface area contributed by atoms with Crippen LogP contribution in [0.3, 0.4) is 0 Å². The molecular weight excluding hydrogens is 244 g/mol. The second-order valence-electron chi connectivity index (χ2n) is 4.84. The van der Waals surface area contributed by atoms with Gasteiger partial charge in [-0.2, -0.15) is 0 Å². The number of benzene rings is 1. The summed E-state index contributed by atoms with van der Waals surface area (Å²) >= 11 is 0. The number of nitrogens with zero attached hydrogens (tertiary/aromatic N) is 2. The number of hydrogen-bond donors (Lipinski definition) is 1. The van der Waals surface area contributed by atoms with Crippen LogP contribution < -0.4 is 0 Å². The minimum atomic E-state index is -0.913. The van der Waals surface area contributed by atoms with Crippen molar-refractivity contribution in [3.63, 3.8) is 0 Å². The van der Waals surface area contributed by atoms with Crippen LogP contribution in [0.25, 0.3) is 11.0 Å². The highest BCUT2D eigenvalue weighted by Crippen LogP contribution is 2.21. The number of carbonyl (C=O) groups is 1. The molecule has 1 fully saturated rings. The number of hydrogen-bond acceptors (Lipinski definition) is 3. The predicted molar refractivity (Wildman–Crippen MR) is 70.3 cm³/mol. The molecule has 2 heterocycles. The van der Waals surface area contributed by atoms with Crippen molar-refractivity contribution in [2.24, 2.45) is 0 Å². The Labute approximate surface area is 110 Å². The molecule has 5 nitrogen and oxygen atoms in total. The Hall–Kier alpha value is -1.88. The molecule has 1 aliphatic heterocycles. The van der Waals surface area contributed by atoms with E-state index in [2.05, 4.69) is 4.98 Å². The van der Waals surface area contributed by atoms with E-state index in [-0.39, 0.29) is 0 Å². The van der Waals surface area contributed by atoms with Crippen LogP contribution in [-0.4, -0.2) is 33.3 Å². The average Bonchev–Trinajstić information content (AvgIpc) is 3.05. The van der Waals surface area contributed by atoms with E-state index in [1.54, 1.807) is 18.5 Å². The van der Waals surface area contributed by atoms with Crippen LogP contribution in [0.4, 0.5) is 0 Å². The molecule has 0 radical (unpaired) electrons. The largest absolute Gasteiger partial charge is 0.478 e. The molecule has 0 aliphatic carbocycles. The van der Waals surface area contributed by atoms with Crippen LogP contribution in [0.2, 0.25) is 0 Å². The van der Waals surface area contributed by atoms with E-state index in [0.29, 0.717) is 17.2 Å². The maximum atomic E-state index is 11.3. The van der Waals surface area contributed by atoms with Gasteiger partial charge in [0, 0.05) is 13.2 Å². The zero-order chi connectivity index (χ0) is 13.2. The summed E-state index contributed by atoms with van der Waals surface area (Å²) in [6.45, 7) is 1.58. The third-order valence-corrected chi connectivity index (χ3v) is 3.58. The molecule has 1 atom stereocenters. The van der Waals surface area contributed by atoms with Crippen molar-refractivity contribution in [3.05, 3.63) is 30.1 Å². The van der Waals surface area contributed by atoms with Crippen LogP contribution in [0.5, 0.6) is 0 Å². The van der Waals surface area contributed by atoms with Crippen LogP contribution in [0.1, 0.15) is 29.6 Å². The zero-order valence-electron chi connectivity index (χ0n) is 10.6. The topological polar surface area (TPSA) is 64.3 Å². The summed E-state index contributed by atoms with van der Waals surface area (Å²) in [7, 11) is 0. The Kier molecular flexibility index (Phi) is 3.21. The van der Waals surface area contributed by atoms with Gasteiger partial charge in [-0.15, -0.1) is 0 Å². The van der Waals surface area contributed by atoms with E-state index in [0.717, 1.165) is 37.9 Å². The van der Waals surface area contributed by atoms with Gasteiger partial charge in [0.2, 0.25) is 0 Å². The maximum absolute atomic E-state index is 11.3. The summed E-state index contributed by atoms with van der Waals surface area (Å²) in [5.74, 6) is -0.913. The van der Waals surface area contributed by atoms with Gasteiger partial charge in [-0.05, 0) is 31.4 Å². The number of aryl methyl sites for hydroxylation is 1. The molecular formula is C14H16N2O3. The minimum absolute atomic E-state index is 0.300. The van der Waals surface area contributed by atoms with E-state index in [1.807, 2.05) is 10.6 Å². The van der Waals surface area contributed by atoms with Crippen molar-refractivity contribution in [1.29, 1.82) is 0 Å². The summed E-state index contributed by atoms with van der Waals surface area (Å²) in [6.07, 6.45) is 5.13. The molecule has 100 valence electrons. The van der Waals surface area contributed by atoms with Crippen molar-refractivity contribution in [2.45, 2.75) is 31.9 Å². The molecule has 0 spiro atoms. The lowest BCUT2D eigenvalue weighted by Gasteiger charge is -2.11. The standard InChI is InChI=1S/C14H16N2O3/c17-14(18)11-4-1-5-12-13(11)16(9-15-12)7-6-10-3-2-8-19-10/h1,4-5,9-10H,2-3,6-8H2,(H,17,18). The Morgan fingerprint density at radius 3 is 3.16 bits per heavy atom. The van der Waals surface area contributed by atoms with E-state index in [4.69, 9.17) is 4.74 Å². The summed E-state index contributed by atoms with van der Waals surface area (Å²) in [6, 6.07) is 5.18. The first-order valence-electron chi connectivity index (χ1n) is 6.54. The van der Waals surface area contributed by atoms with Gasteiger partial charge < -0.3 is 14.4 Å². The lowest BCUT2D eigenvalue weighted by molar-refractivity contribution is 0.0698. The van der Waals surface area contributed by atoms with Crippen LogP contribution >= 0.6 is 0 Å². The van der Waals surface area contributed by atoms with Gasteiger partial charge in [-0.25, -0.2) is 9.78 Å². The fraction of sp³-hybridized carbons (Fsp3) is 0.429. The first-order chi connectivity index (χ1) is 9.25. The maximum Gasteiger partial charge on any atom is 0.337 e. The number of fused-ring (bicyclic) bond motifs is 1. The molecule has 2 aromatic rings. The van der Waals surface area contributed by atoms with Crippen molar-refractivity contribution in [1.82, 2.24) is 9.55 Å². The quantitative estimate of drug-likeness (QED) is 0.916. The van der Waals surface area contributed by atoms with E-state index in [9.17, 15) is 9.90 Å². The van der Waals surface area contributed by atoms with Crippen molar-refractivity contribution >= 4 is 17.0 Å². The highest BCUT2D eigenvalue weighted by molar-refractivity contribution is 6.01. The lowest BCUT2D eigenvalue weighted by atomic mass is 10.1. The Morgan fingerprint density at radius 2 is 2.42 bits per heavy atom. The SMILES string of the molecule is O=C(O)c1cccc2ncn(CCC3CCCO3)c12. The molecule has 5 heteroatoms. The van der Waals surface area contributed by atoms with Gasteiger partial charge in [0.15, 0.2) is 0 Å². The van der Waals surface area contributed by atoms with Crippen LogP contribution in [0.15, 0.2) is 24.5 Å². The smallest absolute Gasteiger partial charge is 0.337 e. The molecule has 0 amide bonds. The molecule has 1 aliphatic rings. The molecule has 1 saturated heterocycles. The average molecular weight is 260 g/mol. The second-order valence-corrected chi connectivity index (χ2v) is 4.84. The highest BCUT2D eigenvalue weighted by Gasteiger charge is 2.17. The first kappa shape index (κ1) is 12.2. The van der Waals surface area contributed by atoms with Gasteiger partial charge in [-0.1, -0.05) is 6.07 Å². The number of carboxylic acid groups (broad SMARTS) is 1. The molecule has 3 rings (SSSR count). The molecule has 0 bridgehead atoms. The van der Waals surface area contributed by atoms with Crippen LogP contribution in [-0.2, 0) is 11.3 Å². The van der Waals surface area contributed by atoms with Crippen molar-refractivity contribution in [3.8, 4) is 0 Å². The van der Waals surface area contributed by atoms with Crippen LogP contribution in [0, 0.1) is 0 Å². The summed E-state index contributed by atoms with van der Waals surface area (Å²) in [4.78, 5) is 15.5. The predicted octanol–water partition coefficient (Wildman–Crippen LogP) is 2.30. The fourth-order valence-electron chi connectivity index (χ4n) is 2.62. The van der Waals surface area contributed by atoms with Crippen molar-refractivity contribution < 1.29 is 14.6 Å². The highest BCUT2D eigenvalue weighted by atomic mass is 16.5. The first-order valence-corrected chi connectivity index (χ1v) is 6.54. The minimum Gasteiger partial charge on any atom is -0.478 e. The Balaban J connectivity index is 1.88. The van der Waals surface area contributed by atoms with Gasteiger partial charge in [0.1, 0.15) is 0 Å². The fourth-order valence-corrected chi connectivity index (χ4v) is 2.62. The van der Waals surface area contributed by atoms with Gasteiger partial charge in [0.05, 0.1) is 29.0 Å². The molecule has 1 aromatic heterocycles. The third kappa shape index (κ3) is 2.33. The Morgan fingerprint density at radius 1 is 1.53 bits per heavy atom. The third-order valence-electron chi connectivity index (χ3n) is 3.58. The van der Waals surface area contributed by atoms with E-state index >= 15 is 0 Å². The summed E-state index contributed by atoms with van der Waals surface area (Å²) in [5, 5.41) is 9.24. The summed E-state index contributed by atoms with van der Waals surface area (Å²) < 4.78 is 7.51. The number of aromatic nitrogens is 2. The van der Waals surface area contributed by atoms with E-state index < -0.39 is 5.97 Å². The van der Waals surface area contributed by atoms with E-state index in [1.165, 1.54) is 0 Å². The molecule has 0 saturated carbocycles. The monoisotopic (exact) mass is 260 g/mol. The Bertz CT molecular complexity index is 600. The number of rotatable bonds is 4. The molecule has 1 unspecified atom stereocenters. The van der Waals surface area contributed by atoms with Gasteiger partial charge in [-0.3, -0.25) is 0 Å².